The van der Waals surface area contributed by atoms with E-state index < -0.39 is 0 Å². The van der Waals surface area contributed by atoms with Crippen LogP contribution in [0.1, 0.15) is 45.2 Å². The third-order valence-electron chi connectivity index (χ3n) is 6.62. The molecule has 2 fully saturated rings. The molecule has 2 N–H and O–H groups in total. The largest absolute Gasteiger partial charge is 0.357 e. The van der Waals surface area contributed by atoms with Crippen LogP contribution in [0.3, 0.4) is 0 Å². The third kappa shape index (κ3) is 8.80. The fraction of sp³-hybridized carbons (Fsp3) is 0.720. The zero-order chi connectivity index (χ0) is 21.9. The molecule has 0 amide bonds. The van der Waals surface area contributed by atoms with Crippen LogP contribution < -0.4 is 10.6 Å². The molecule has 3 rings (SSSR count). The van der Waals surface area contributed by atoms with Crippen molar-refractivity contribution < 1.29 is 0 Å². The smallest absolute Gasteiger partial charge is 0.191 e. The molecule has 6 nitrogen and oxygen atoms in total. The summed E-state index contributed by atoms with van der Waals surface area (Å²) >= 11 is 0. The van der Waals surface area contributed by atoms with Gasteiger partial charge in [-0.15, -0.1) is 24.0 Å². The van der Waals surface area contributed by atoms with Gasteiger partial charge in [0, 0.05) is 52.4 Å². The summed E-state index contributed by atoms with van der Waals surface area (Å²) in [7, 11) is 0. The van der Waals surface area contributed by atoms with E-state index in [2.05, 4.69) is 76.4 Å². The molecule has 0 aliphatic carbocycles. The molecule has 0 bridgehead atoms. The van der Waals surface area contributed by atoms with Gasteiger partial charge in [-0.05, 0) is 50.9 Å². The van der Waals surface area contributed by atoms with E-state index in [4.69, 9.17) is 4.99 Å². The first-order valence-electron chi connectivity index (χ1n) is 12.5. The summed E-state index contributed by atoms with van der Waals surface area (Å²) in [4.78, 5) is 12.7. The van der Waals surface area contributed by atoms with Gasteiger partial charge in [0.25, 0.3) is 0 Å². The van der Waals surface area contributed by atoms with Crippen LogP contribution in [0.5, 0.6) is 0 Å². The van der Waals surface area contributed by atoms with Gasteiger partial charge in [0.05, 0.1) is 6.04 Å². The third-order valence-corrected chi connectivity index (χ3v) is 6.62. The van der Waals surface area contributed by atoms with Gasteiger partial charge in [0.2, 0.25) is 0 Å². The topological polar surface area (TPSA) is 46.1 Å². The van der Waals surface area contributed by atoms with Crippen molar-refractivity contribution in [1.82, 2.24) is 25.3 Å². The molecule has 182 valence electrons. The Morgan fingerprint density at radius 1 is 0.938 bits per heavy atom. The van der Waals surface area contributed by atoms with E-state index in [1.54, 1.807) is 0 Å². The number of nitrogens with zero attached hydrogens (tertiary/aromatic N) is 4. The lowest BCUT2D eigenvalue weighted by Crippen LogP contribution is -2.47. The molecule has 2 unspecified atom stereocenters. The van der Waals surface area contributed by atoms with Crippen molar-refractivity contribution in [1.29, 1.82) is 0 Å². The van der Waals surface area contributed by atoms with Gasteiger partial charge >= 0.3 is 0 Å². The Bertz CT molecular complexity index is 641. The minimum absolute atomic E-state index is 0. The average Bonchev–Trinajstić information content (AvgIpc) is 3.33. The van der Waals surface area contributed by atoms with Gasteiger partial charge in [-0.25, -0.2) is 0 Å². The molecule has 2 aliphatic rings. The lowest BCUT2D eigenvalue weighted by atomic mass is 10.1. The highest BCUT2D eigenvalue weighted by Gasteiger charge is 2.23. The summed E-state index contributed by atoms with van der Waals surface area (Å²) in [6.07, 6.45) is 2.61. The van der Waals surface area contributed by atoms with Crippen LogP contribution >= 0.6 is 24.0 Å². The van der Waals surface area contributed by atoms with Crippen LogP contribution in [0.25, 0.3) is 0 Å². The number of piperazine rings is 1. The molecular formula is C25H45IN6. The summed E-state index contributed by atoms with van der Waals surface area (Å²) in [5, 5.41) is 7.10. The molecule has 7 heteroatoms. The molecule has 1 aromatic rings. The highest BCUT2D eigenvalue weighted by Crippen LogP contribution is 2.24. The van der Waals surface area contributed by atoms with Crippen molar-refractivity contribution >= 4 is 29.9 Å². The Balaban J connectivity index is 0.00000363. The molecule has 0 radical (unpaired) electrons. The van der Waals surface area contributed by atoms with Gasteiger partial charge in [-0.1, -0.05) is 44.2 Å². The Hall–Kier alpha value is -0.900. The van der Waals surface area contributed by atoms with Gasteiger partial charge in [0.1, 0.15) is 0 Å². The second-order valence-electron chi connectivity index (χ2n) is 9.11. The number of guanidine groups is 1. The number of rotatable bonds is 10. The van der Waals surface area contributed by atoms with E-state index in [0.717, 1.165) is 32.1 Å². The lowest BCUT2D eigenvalue weighted by molar-refractivity contribution is 0.125. The Kier molecular flexibility index (Phi) is 12.9. The maximum absolute atomic E-state index is 4.94. The van der Waals surface area contributed by atoms with E-state index in [0.29, 0.717) is 12.0 Å². The van der Waals surface area contributed by atoms with Crippen LogP contribution in [0.2, 0.25) is 0 Å². The number of hydrogen-bond acceptors (Lipinski definition) is 4. The fourth-order valence-electron chi connectivity index (χ4n) is 4.76. The number of benzene rings is 1. The minimum atomic E-state index is 0. The summed E-state index contributed by atoms with van der Waals surface area (Å²) in [6.45, 7) is 18.9. The monoisotopic (exact) mass is 556 g/mol. The minimum Gasteiger partial charge on any atom is -0.357 e. The summed E-state index contributed by atoms with van der Waals surface area (Å²) in [5.74, 6) is 1.51. The molecule has 0 aromatic heterocycles. The predicted molar refractivity (Wildman–Crippen MR) is 147 cm³/mol. The first-order valence-corrected chi connectivity index (χ1v) is 12.5. The first kappa shape index (κ1) is 27.3. The molecule has 0 spiro atoms. The summed E-state index contributed by atoms with van der Waals surface area (Å²) < 4.78 is 0. The van der Waals surface area contributed by atoms with Crippen LogP contribution in [-0.2, 0) is 0 Å². The van der Waals surface area contributed by atoms with Crippen molar-refractivity contribution in [3.8, 4) is 0 Å². The summed E-state index contributed by atoms with van der Waals surface area (Å²) in [6, 6.07) is 11.3. The number of nitrogens with one attached hydrogen (secondary N) is 2. The molecule has 2 saturated heterocycles. The number of likely N-dealkylation sites (tertiary alicyclic amines) is 1. The van der Waals surface area contributed by atoms with Crippen LogP contribution in [0, 0.1) is 5.92 Å². The van der Waals surface area contributed by atoms with Gasteiger partial charge in [-0.3, -0.25) is 9.89 Å². The Labute approximate surface area is 213 Å². The van der Waals surface area contributed by atoms with Crippen LogP contribution in [0.15, 0.2) is 35.3 Å². The zero-order valence-corrected chi connectivity index (χ0v) is 22.8. The molecular weight excluding hydrogens is 511 g/mol. The number of hydrogen-bond donors (Lipinski definition) is 2. The van der Waals surface area contributed by atoms with Crippen molar-refractivity contribution in [2.45, 2.75) is 39.7 Å². The van der Waals surface area contributed by atoms with Gasteiger partial charge < -0.3 is 20.4 Å². The van der Waals surface area contributed by atoms with E-state index >= 15 is 0 Å². The Morgan fingerprint density at radius 2 is 1.59 bits per heavy atom. The molecule has 2 heterocycles. The maximum atomic E-state index is 4.94. The van der Waals surface area contributed by atoms with Crippen molar-refractivity contribution in [3.63, 3.8) is 0 Å². The average molecular weight is 557 g/mol. The quantitative estimate of drug-likeness (QED) is 0.263. The second-order valence-corrected chi connectivity index (χ2v) is 9.11. The molecule has 2 aliphatic heterocycles. The van der Waals surface area contributed by atoms with Crippen molar-refractivity contribution in [2.24, 2.45) is 10.9 Å². The highest BCUT2D eigenvalue weighted by molar-refractivity contribution is 14.0. The van der Waals surface area contributed by atoms with E-state index in [-0.39, 0.29) is 24.0 Å². The Morgan fingerprint density at radius 3 is 2.22 bits per heavy atom. The van der Waals surface area contributed by atoms with E-state index in [1.807, 2.05) is 0 Å². The molecule has 2 atom stereocenters. The normalized spacial score (nSPS) is 20.5. The summed E-state index contributed by atoms with van der Waals surface area (Å²) in [5.41, 5.74) is 1.40. The number of likely N-dealkylation sites (N-methyl/N-ethyl adjacent to an activating group) is 1. The SMILES string of the molecule is CCNC(=NCC(C)CN1CCN(CC)CC1)NCC(c1ccccc1)N1CCCC1.I. The highest BCUT2D eigenvalue weighted by atomic mass is 127. The van der Waals surface area contributed by atoms with E-state index in [1.165, 1.54) is 64.2 Å². The van der Waals surface area contributed by atoms with Gasteiger partial charge in [-0.2, -0.15) is 0 Å². The maximum Gasteiger partial charge on any atom is 0.191 e. The van der Waals surface area contributed by atoms with Crippen LogP contribution in [-0.4, -0.2) is 92.7 Å². The number of halogens is 1. The second kappa shape index (κ2) is 15.1. The fourth-order valence-corrected chi connectivity index (χ4v) is 4.76. The van der Waals surface area contributed by atoms with Crippen molar-refractivity contribution in [3.05, 3.63) is 35.9 Å². The molecule has 32 heavy (non-hydrogen) atoms. The van der Waals surface area contributed by atoms with Crippen LogP contribution in [0.4, 0.5) is 0 Å². The first-order chi connectivity index (χ1) is 15.2. The van der Waals surface area contributed by atoms with Gasteiger partial charge in [0.15, 0.2) is 5.96 Å². The lowest BCUT2D eigenvalue weighted by Gasteiger charge is -2.35. The zero-order valence-electron chi connectivity index (χ0n) is 20.4. The number of aliphatic imine (C=N–C) groups is 1. The molecule has 1 aromatic carbocycles. The predicted octanol–water partition coefficient (Wildman–Crippen LogP) is 3.27. The molecule has 0 saturated carbocycles. The van der Waals surface area contributed by atoms with E-state index in [9.17, 15) is 0 Å². The van der Waals surface area contributed by atoms with Crippen molar-refractivity contribution in [2.75, 3.05) is 72.0 Å². The standard InChI is InChI=1S/C25H44N6.HI/c1-4-26-25(27-19-22(3)21-30-17-15-29(5-2)16-18-30)28-20-24(31-13-9-10-14-31)23-11-7-6-8-12-23;/h6-8,11-12,22,24H,4-5,9-10,13-21H2,1-3H3,(H2,26,27,28);1H.